The highest BCUT2D eigenvalue weighted by Crippen LogP contribution is 2.19. The van der Waals surface area contributed by atoms with Crippen LogP contribution >= 0.6 is 0 Å². The molecular weight excluding hydrogens is 518 g/mol. The molecule has 3 aromatic heterocycles. The van der Waals surface area contributed by atoms with Crippen molar-refractivity contribution in [3.05, 3.63) is 72.5 Å². The highest BCUT2D eigenvalue weighted by atomic mass is 16.4. The molecule has 1 aromatic carbocycles. The van der Waals surface area contributed by atoms with Gasteiger partial charge in [0.25, 0.3) is 0 Å². The van der Waals surface area contributed by atoms with Crippen LogP contribution in [0.1, 0.15) is 23.9 Å². The molecule has 0 aliphatic rings. The lowest BCUT2D eigenvalue weighted by molar-refractivity contribution is -0.142. The van der Waals surface area contributed by atoms with E-state index in [-0.39, 0.29) is 19.3 Å². The maximum atomic E-state index is 13.6. The van der Waals surface area contributed by atoms with E-state index in [1.165, 1.54) is 32.0 Å². The summed E-state index contributed by atoms with van der Waals surface area (Å²) in [7, 11) is 0. The van der Waals surface area contributed by atoms with Gasteiger partial charge in [0.05, 0.1) is 18.7 Å². The molecule has 4 aromatic rings. The Bertz CT molecular complexity index is 1450. The van der Waals surface area contributed by atoms with Crippen molar-refractivity contribution in [2.24, 2.45) is 5.73 Å². The molecule has 0 radical (unpaired) electrons. The monoisotopic (exact) mass is 549 g/mol. The van der Waals surface area contributed by atoms with E-state index in [1.807, 2.05) is 24.3 Å². The number of nitrogens with two attached hydrogens (primary N) is 1. The lowest BCUT2D eigenvalue weighted by Crippen LogP contribution is -2.58. The summed E-state index contributed by atoms with van der Waals surface area (Å²) in [6.07, 6.45) is 7.60. The van der Waals surface area contributed by atoms with Gasteiger partial charge in [-0.15, -0.1) is 0 Å². The van der Waals surface area contributed by atoms with Crippen molar-refractivity contribution in [1.29, 1.82) is 0 Å². The van der Waals surface area contributed by atoms with Gasteiger partial charge in [0, 0.05) is 60.1 Å². The van der Waals surface area contributed by atoms with Crippen LogP contribution in [0.25, 0.3) is 10.9 Å². The van der Waals surface area contributed by atoms with Crippen molar-refractivity contribution in [2.75, 3.05) is 0 Å². The lowest BCUT2D eigenvalue weighted by Gasteiger charge is -2.24. The second-order valence-corrected chi connectivity index (χ2v) is 9.44. The standard InChI is InChI=1S/C26H31N9O5/c1-14(27)23(36)33-20(6-15-9-30-19-5-3-2-4-18(15)19)24(37)34-21(7-16-10-28-12-31-16)25(38)35-22(26(39)40)8-17-11-29-13-32-17/h2-5,9-14,20-22,30H,6-8,27H2,1H3,(H,28,31)(H,29,32)(H,33,36)(H,34,37)(H,35,38)(H,39,40). The molecule has 0 bridgehead atoms. The van der Waals surface area contributed by atoms with Gasteiger partial charge >= 0.3 is 5.97 Å². The third kappa shape index (κ3) is 7.11. The van der Waals surface area contributed by atoms with E-state index in [0.29, 0.717) is 11.4 Å². The SMILES string of the molecule is CC(N)C(=O)NC(Cc1c[nH]c2ccccc12)C(=O)NC(Cc1cnc[nH]1)C(=O)NC(Cc1cnc[nH]1)C(=O)O. The zero-order chi connectivity index (χ0) is 28.6. The molecule has 0 aliphatic heterocycles. The van der Waals surface area contributed by atoms with Crippen LogP contribution in [0.2, 0.25) is 0 Å². The number of amides is 3. The van der Waals surface area contributed by atoms with E-state index < -0.39 is 47.9 Å². The molecule has 0 saturated heterocycles. The Morgan fingerprint density at radius 2 is 1.38 bits per heavy atom. The van der Waals surface area contributed by atoms with E-state index in [1.54, 1.807) is 6.20 Å². The molecule has 14 nitrogen and oxygen atoms in total. The number of aromatic nitrogens is 5. The smallest absolute Gasteiger partial charge is 0.326 e. The second-order valence-electron chi connectivity index (χ2n) is 9.44. The van der Waals surface area contributed by atoms with Gasteiger partial charge < -0.3 is 41.7 Å². The molecule has 3 amide bonds. The van der Waals surface area contributed by atoms with Gasteiger partial charge in [-0.05, 0) is 18.6 Å². The summed E-state index contributed by atoms with van der Waals surface area (Å²) >= 11 is 0. The van der Waals surface area contributed by atoms with Crippen LogP contribution in [-0.2, 0) is 38.4 Å². The third-order valence-corrected chi connectivity index (χ3v) is 6.35. The Hall–Kier alpha value is -4.98. The van der Waals surface area contributed by atoms with Gasteiger partial charge in [-0.2, -0.15) is 0 Å². The quantitative estimate of drug-likeness (QED) is 0.109. The number of aliphatic carboxylic acids is 1. The molecule has 9 N–H and O–H groups in total. The largest absolute Gasteiger partial charge is 0.480 e. The molecule has 0 saturated carbocycles. The van der Waals surface area contributed by atoms with E-state index in [0.717, 1.165) is 16.5 Å². The molecule has 4 rings (SSSR count). The molecule has 40 heavy (non-hydrogen) atoms. The minimum Gasteiger partial charge on any atom is -0.480 e. The number of carboxylic acids is 1. The molecule has 210 valence electrons. The number of hydrogen-bond donors (Lipinski definition) is 8. The Morgan fingerprint density at radius 1 is 0.825 bits per heavy atom. The Balaban J connectivity index is 1.55. The van der Waals surface area contributed by atoms with Crippen LogP contribution < -0.4 is 21.7 Å². The highest BCUT2D eigenvalue weighted by Gasteiger charge is 2.31. The fourth-order valence-corrected chi connectivity index (χ4v) is 4.22. The number of imidazole rings is 2. The number of fused-ring (bicyclic) bond motifs is 1. The van der Waals surface area contributed by atoms with Gasteiger partial charge in [-0.1, -0.05) is 18.2 Å². The number of rotatable bonds is 13. The molecule has 0 fully saturated rings. The van der Waals surface area contributed by atoms with Gasteiger partial charge in [0.1, 0.15) is 18.1 Å². The first kappa shape index (κ1) is 28.0. The maximum absolute atomic E-state index is 13.6. The average molecular weight is 550 g/mol. The molecule has 3 heterocycles. The number of carbonyl (C=O) groups excluding carboxylic acids is 3. The Kier molecular flexibility index (Phi) is 8.91. The summed E-state index contributed by atoms with van der Waals surface area (Å²) in [5.41, 5.74) is 8.43. The number of benzene rings is 1. The summed E-state index contributed by atoms with van der Waals surface area (Å²) in [4.78, 5) is 67.9. The van der Waals surface area contributed by atoms with Crippen molar-refractivity contribution in [3.63, 3.8) is 0 Å². The van der Waals surface area contributed by atoms with E-state index in [4.69, 9.17) is 5.73 Å². The van der Waals surface area contributed by atoms with Crippen molar-refractivity contribution in [1.82, 2.24) is 40.9 Å². The first-order valence-electron chi connectivity index (χ1n) is 12.6. The summed E-state index contributed by atoms with van der Waals surface area (Å²) in [6.45, 7) is 1.50. The van der Waals surface area contributed by atoms with E-state index in [9.17, 15) is 24.3 Å². The first-order chi connectivity index (χ1) is 19.2. The van der Waals surface area contributed by atoms with E-state index in [2.05, 4.69) is 40.9 Å². The fourth-order valence-electron chi connectivity index (χ4n) is 4.22. The molecule has 4 atom stereocenters. The second kappa shape index (κ2) is 12.7. The third-order valence-electron chi connectivity index (χ3n) is 6.35. The van der Waals surface area contributed by atoms with Crippen LogP contribution in [-0.4, -0.2) is 77.9 Å². The van der Waals surface area contributed by atoms with Crippen LogP contribution in [0.15, 0.2) is 55.5 Å². The molecule has 4 unspecified atom stereocenters. The van der Waals surface area contributed by atoms with Gasteiger partial charge in [-0.3, -0.25) is 14.4 Å². The average Bonchev–Trinajstić information content (AvgIpc) is 3.70. The summed E-state index contributed by atoms with van der Waals surface area (Å²) in [5.74, 6) is -3.16. The molecule has 0 spiro atoms. The predicted molar refractivity (Wildman–Crippen MR) is 144 cm³/mol. The number of carboxylic acid groups (broad SMARTS) is 1. The number of nitrogens with zero attached hydrogens (tertiary/aromatic N) is 2. The zero-order valence-corrected chi connectivity index (χ0v) is 21.7. The van der Waals surface area contributed by atoms with Crippen LogP contribution in [0.5, 0.6) is 0 Å². The minimum atomic E-state index is -1.28. The summed E-state index contributed by atoms with van der Waals surface area (Å²) < 4.78 is 0. The van der Waals surface area contributed by atoms with Crippen molar-refractivity contribution >= 4 is 34.6 Å². The number of aromatic amines is 3. The topological polar surface area (TPSA) is 224 Å². The van der Waals surface area contributed by atoms with Crippen molar-refractivity contribution in [2.45, 2.75) is 50.4 Å². The zero-order valence-electron chi connectivity index (χ0n) is 21.7. The fraction of sp³-hybridized carbons (Fsp3) is 0.308. The van der Waals surface area contributed by atoms with Crippen LogP contribution in [0.3, 0.4) is 0 Å². The summed E-state index contributed by atoms with van der Waals surface area (Å²) in [6, 6.07) is 3.10. The number of hydrogen-bond acceptors (Lipinski definition) is 7. The van der Waals surface area contributed by atoms with Crippen molar-refractivity contribution in [3.8, 4) is 0 Å². The van der Waals surface area contributed by atoms with Crippen LogP contribution in [0, 0.1) is 0 Å². The molecule has 14 heteroatoms. The van der Waals surface area contributed by atoms with Crippen molar-refractivity contribution < 1.29 is 24.3 Å². The predicted octanol–water partition coefficient (Wildman–Crippen LogP) is -0.472. The number of para-hydroxylation sites is 1. The number of carbonyl (C=O) groups is 4. The lowest BCUT2D eigenvalue weighted by atomic mass is 10.0. The van der Waals surface area contributed by atoms with Gasteiger partial charge in [-0.25, -0.2) is 14.8 Å². The Labute approximate surface area is 228 Å². The molecular formula is C26H31N9O5. The maximum Gasteiger partial charge on any atom is 0.326 e. The Morgan fingerprint density at radius 3 is 1.95 bits per heavy atom. The normalized spacial score (nSPS) is 14.2. The first-order valence-corrected chi connectivity index (χ1v) is 12.6. The number of nitrogens with one attached hydrogen (secondary N) is 6. The van der Waals surface area contributed by atoms with Gasteiger partial charge in [0.15, 0.2) is 0 Å². The van der Waals surface area contributed by atoms with E-state index >= 15 is 0 Å². The number of H-pyrrole nitrogens is 3. The van der Waals surface area contributed by atoms with Gasteiger partial charge in [0.2, 0.25) is 17.7 Å². The highest BCUT2D eigenvalue weighted by molar-refractivity contribution is 5.95. The van der Waals surface area contributed by atoms with Crippen LogP contribution in [0.4, 0.5) is 0 Å². The molecule has 0 aliphatic carbocycles. The summed E-state index contributed by atoms with van der Waals surface area (Å²) in [5, 5.41) is 18.4. The minimum absolute atomic E-state index is 0.00495.